The molecule has 7 nitrogen and oxygen atoms in total. The molecule has 2 aromatic carbocycles. The van der Waals surface area contributed by atoms with Crippen LogP contribution in [0.4, 0.5) is 8.78 Å². The van der Waals surface area contributed by atoms with Crippen molar-refractivity contribution in [3.63, 3.8) is 0 Å². The molecule has 1 atom stereocenters. The number of rotatable bonds is 8. The lowest BCUT2D eigenvalue weighted by atomic mass is 10.2. The van der Waals surface area contributed by atoms with Gasteiger partial charge in [0.1, 0.15) is 10.8 Å². The monoisotopic (exact) mass is 502 g/mol. The lowest BCUT2D eigenvalue weighted by molar-refractivity contribution is 0.174. The van der Waals surface area contributed by atoms with Crippen LogP contribution < -0.4 is 14.2 Å². The van der Waals surface area contributed by atoms with E-state index in [-0.39, 0.29) is 12.5 Å². The molecule has 2 aromatic heterocycles. The topological polar surface area (TPSA) is 71.3 Å². The summed E-state index contributed by atoms with van der Waals surface area (Å²) < 4.78 is 45.6. The minimum Gasteiger partial charge on any atom is -0.480 e. The van der Waals surface area contributed by atoms with Crippen LogP contribution in [-0.2, 0) is 12.3 Å². The summed E-state index contributed by atoms with van der Waals surface area (Å²) in [5.74, 6) is 1.19. The average molecular weight is 503 g/mol. The van der Waals surface area contributed by atoms with Crippen LogP contribution in [0, 0.1) is 11.6 Å². The maximum atomic E-state index is 14.0. The summed E-state index contributed by atoms with van der Waals surface area (Å²) in [6.07, 6.45) is -0.571. The highest BCUT2D eigenvalue weighted by atomic mass is 32.2. The van der Waals surface area contributed by atoms with E-state index >= 15 is 0 Å². The van der Waals surface area contributed by atoms with Crippen molar-refractivity contribution in [2.75, 3.05) is 6.79 Å². The molecular formula is C23H20F2N4O3S2. The third-order valence-electron chi connectivity index (χ3n) is 5.14. The van der Waals surface area contributed by atoms with Crippen LogP contribution in [-0.4, -0.2) is 26.5 Å². The summed E-state index contributed by atoms with van der Waals surface area (Å²) >= 11 is 3.07. The van der Waals surface area contributed by atoms with Crippen molar-refractivity contribution in [2.45, 2.75) is 37.4 Å². The second-order valence-corrected chi connectivity index (χ2v) is 9.22. The molecule has 0 fully saturated rings. The SMILES string of the molecule is CCn1c(SCc2csc(-c3ccc4c(c3)OCO4)n2)nnc1C(C)Oc1ccc(F)cc1F. The molecule has 34 heavy (non-hydrogen) atoms. The molecule has 0 N–H and O–H groups in total. The Kier molecular flexibility index (Phi) is 6.38. The molecule has 0 radical (unpaired) electrons. The molecule has 0 saturated carbocycles. The number of hydrogen-bond acceptors (Lipinski definition) is 8. The van der Waals surface area contributed by atoms with Gasteiger partial charge in [0.25, 0.3) is 0 Å². The largest absolute Gasteiger partial charge is 0.480 e. The molecule has 0 bridgehead atoms. The number of aromatic nitrogens is 4. The Bertz CT molecular complexity index is 1330. The van der Waals surface area contributed by atoms with Gasteiger partial charge in [0.2, 0.25) is 6.79 Å². The second kappa shape index (κ2) is 9.59. The van der Waals surface area contributed by atoms with E-state index in [0.29, 0.717) is 23.3 Å². The first-order valence-electron chi connectivity index (χ1n) is 10.5. The van der Waals surface area contributed by atoms with E-state index in [4.69, 9.17) is 19.2 Å². The van der Waals surface area contributed by atoms with Crippen molar-refractivity contribution in [2.24, 2.45) is 0 Å². The third-order valence-corrected chi connectivity index (χ3v) is 7.08. The maximum Gasteiger partial charge on any atom is 0.231 e. The molecule has 4 aromatic rings. The molecule has 11 heteroatoms. The Labute approximate surface area is 202 Å². The minimum atomic E-state index is -0.759. The van der Waals surface area contributed by atoms with Gasteiger partial charge in [0.15, 0.2) is 40.2 Å². The lowest BCUT2D eigenvalue weighted by Gasteiger charge is -2.16. The fourth-order valence-corrected chi connectivity index (χ4v) is 5.32. The van der Waals surface area contributed by atoms with Crippen LogP contribution in [0.3, 0.4) is 0 Å². The Balaban J connectivity index is 1.27. The molecule has 1 aliphatic rings. The zero-order valence-corrected chi connectivity index (χ0v) is 20.0. The van der Waals surface area contributed by atoms with Crippen molar-refractivity contribution in [3.8, 4) is 27.8 Å². The first kappa shape index (κ1) is 22.6. The first-order chi connectivity index (χ1) is 16.5. The van der Waals surface area contributed by atoms with Crippen LogP contribution in [0.2, 0.25) is 0 Å². The van der Waals surface area contributed by atoms with E-state index in [0.717, 1.165) is 39.9 Å². The van der Waals surface area contributed by atoms with E-state index in [2.05, 4.69) is 10.2 Å². The number of thioether (sulfide) groups is 1. The van der Waals surface area contributed by atoms with Gasteiger partial charge in [0, 0.05) is 29.3 Å². The Morgan fingerprint density at radius 1 is 1.15 bits per heavy atom. The zero-order valence-electron chi connectivity index (χ0n) is 18.3. The maximum absolute atomic E-state index is 14.0. The molecule has 0 aliphatic carbocycles. The molecule has 176 valence electrons. The Hall–Kier alpha value is -3.18. The second-order valence-electron chi connectivity index (χ2n) is 7.42. The van der Waals surface area contributed by atoms with Gasteiger partial charge in [-0.05, 0) is 44.2 Å². The van der Waals surface area contributed by atoms with Gasteiger partial charge < -0.3 is 18.8 Å². The summed E-state index contributed by atoms with van der Waals surface area (Å²) in [5.41, 5.74) is 1.90. The fourth-order valence-electron chi connectivity index (χ4n) is 3.49. The lowest BCUT2D eigenvalue weighted by Crippen LogP contribution is -2.12. The quantitative estimate of drug-likeness (QED) is 0.280. The van der Waals surface area contributed by atoms with Gasteiger partial charge in [0.05, 0.1) is 5.69 Å². The predicted molar refractivity (Wildman–Crippen MR) is 124 cm³/mol. The molecule has 1 unspecified atom stereocenters. The molecule has 0 spiro atoms. The normalized spacial score (nSPS) is 13.3. The minimum absolute atomic E-state index is 0.0349. The van der Waals surface area contributed by atoms with Gasteiger partial charge in [-0.2, -0.15) is 0 Å². The zero-order chi connectivity index (χ0) is 23.7. The summed E-state index contributed by atoms with van der Waals surface area (Å²) in [7, 11) is 0. The van der Waals surface area contributed by atoms with Crippen LogP contribution in [0.15, 0.2) is 46.9 Å². The van der Waals surface area contributed by atoms with Crippen molar-refractivity contribution in [1.29, 1.82) is 0 Å². The Morgan fingerprint density at radius 3 is 2.82 bits per heavy atom. The summed E-state index contributed by atoms with van der Waals surface area (Å²) in [4.78, 5) is 4.74. The van der Waals surface area contributed by atoms with Gasteiger partial charge >= 0.3 is 0 Å². The molecule has 3 heterocycles. The summed E-state index contributed by atoms with van der Waals surface area (Å²) in [5, 5.41) is 12.2. The van der Waals surface area contributed by atoms with E-state index in [1.54, 1.807) is 18.3 Å². The average Bonchev–Trinajstić information content (AvgIpc) is 3.57. The van der Waals surface area contributed by atoms with Crippen molar-refractivity contribution in [3.05, 3.63) is 64.9 Å². The van der Waals surface area contributed by atoms with Crippen molar-refractivity contribution in [1.82, 2.24) is 19.7 Å². The van der Waals surface area contributed by atoms with Crippen LogP contribution in [0.5, 0.6) is 17.2 Å². The molecule has 0 saturated heterocycles. The highest BCUT2D eigenvalue weighted by Gasteiger charge is 2.21. The highest BCUT2D eigenvalue weighted by molar-refractivity contribution is 7.98. The van der Waals surface area contributed by atoms with Crippen LogP contribution in [0.1, 0.15) is 31.5 Å². The number of fused-ring (bicyclic) bond motifs is 1. The van der Waals surface area contributed by atoms with Gasteiger partial charge in [-0.3, -0.25) is 0 Å². The standard InChI is InChI=1S/C23H20F2N4O3S2/c1-3-29-21(13(2)32-18-7-5-15(24)9-17(18)25)27-28-23(29)34-11-16-10-33-22(26-16)14-4-6-19-20(8-14)31-12-30-19/h4-10,13H,3,11-12H2,1-2H3. The Morgan fingerprint density at radius 2 is 2.00 bits per heavy atom. The smallest absolute Gasteiger partial charge is 0.231 e. The van der Waals surface area contributed by atoms with Crippen molar-refractivity contribution >= 4 is 23.1 Å². The van der Waals surface area contributed by atoms with E-state index < -0.39 is 17.7 Å². The fraction of sp³-hybridized carbons (Fsp3) is 0.261. The summed E-state index contributed by atoms with van der Waals surface area (Å²) in [6, 6.07) is 9.00. The molecule has 5 rings (SSSR count). The van der Waals surface area contributed by atoms with E-state index in [9.17, 15) is 8.78 Å². The van der Waals surface area contributed by atoms with Crippen LogP contribution >= 0.6 is 23.1 Å². The highest BCUT2D eigenvalue weighted by Crippen LogP contribution is 2.37. The van der Waals surface area contributed by atoms with Gasteiger partial charge in [-0.1, -0.05) is 11.8 Å². The number of nitrogens with zero attached hydrogens (tertiary/aromatic N) is 4. The summed E-state index contributed by atoms with van der Waals surface area (Å²) in [6.45, 7) is 4.58. The van der Waals surface area contributed by atoms with Crippen LogP contribution in [0.25, 0.3) is 10.6 Å². The first-order valence-corrected chi connectivity index (χ1v) is 12.4. The predicted octanol–water partition coefficient (Wildman–Crippen LogP) is 5.86. The number of ether oxygens (including phenoxy) is 3. The molecule has 0 amide bonds. The van der Waals surface area contributed by atoms with Gasteiger partial charge in [-0.15, -0.1) is 21.5 Å². The van der Waals surface area contributed by atoms with E-state index in [1.807, 2.05) is 35.1 Å². The van der Waals surface area contributed by atoms with Crippen molar-refractivity contribution < 1.29 is 23.0 Å². The number of hydrogen-bond donors (Lipinski definition) is 0. The number of benzene rings is 2. The van der Waals surface area contributed by atoms with Gasteiger partial charge in [-0.25, -0.2) is 13.8 Å². The number of halogens is 2. The number of thiazole rings is 1. The third kappa shape index (κ3) is 4.58. The molecule has 1 aliphatic heterocycles. The molecular weight excluding hydrogens is 482 g/mol. The van der Waals surface area contributed by atoms with E-state index in [1.165, 1.54) is 17.8 Å².